The molecule has 5 rings (SSSR count). The van der Waals surface area contributed by atoms with Gasteiger partial charge in [-0.15, -0.1) is 5.10 Å². The summed E-state index contributed by atoms with van der Waals surface area (Å²) in [6.07, 6.45) is 2.28. The molecule has 4 aromatic rings. The van der Waals surface area contributed by atoms with E-state index in [9.17, 15) is 4.79 Å². The number of methoxy groups -OCH3 is 1. The summed E-state index contributed by atoms with van der Waals surface area (Å²) in [7, 11) is 1.42. The van der Waals surface area contributed by atoms with Crippen LogP contribution in [0.1, 0.15) is 37.9 Å². The second-order valence-corrected chi connectivity index (χ2v) is 10.00. The standard InChI is InChI=1S/C28H31N5O2/c1-19-23(18-24(34)35-4)26(32-15-13-28(2,3)14-16-32)33-27(29-19)30-25(31-33)22-12-8-11-21(17-22)20-9-6-5-7-10-20/h5-12,17H,13-16,18H2,1-4H3. The molecular formula is C28H31N5O2. The van der Waals surface area contributed by atoms with Crippen LogP contribution in [0.2, 0.25) is 0 Å². The number of hydrogen-bond donors (Lipinski definition) is 0. The molecule has 2 aromatic heterocycles. The highest BCUT2D eigenvalue weighted by Gasteiger charge is 2.30. The number of aryl methyl sites for hydroxylation is 1. The number of piperidine rings is 1. The van der Waals surface area contributed by atoms with Gasteiger partial charge in [0.1, 0.15) is 5.82 Å². The molecule has 7 heteroatoms. The Morgan fingerprint density at radius 2 is 1.66 bits per heavy atom. The molecule has 1 fully saturated rings. The van der Waals surface area contributed by atoms with Crippen molar-refractivity contribution < 1.29 is 9.53 Å². The van der Waals surface area contributed by atoms with Crippen LogP contribution < -0.4 is 4.90 Å². The summed E-state index contributed by atoms with van der Waals surface area (Å²) in [6, 6.07) is 18.5. The number of nitrogens with zero attached hydrogens (tertiary/aromatic N) is 5. The van der Waals surface area contributed by atoms with Gasteiger partial charge in [-0.1, -0.05) is 62.4 Å². The van der Waals surface area contributed by atoms with Crippen molar-refractivity contribution in [1.82, 2.24) is 19.6 Å². The fourth-order valence-electron chi connectivity index (χ4n) is 4.69. The van der Waals surface area contributed by atoms with Crippen molar-refractivity contribution in [3.63, 3.8) is 0 Å². The summed E-state index contributed by atoms with van der Waals surface area (Å²) < 4.78 is 6.81. The SMILES string of the molecule is COC(=O)Cc1c(C)nc2nc(-c3cccc(-c4ccccc4)c3)nn2c1N1CCC(C)(C)CC1. The van der Waals surface area contributed by atoms with E-state index in [1.165, 1.54) is 7.11 Å². The molecule has 0 unspecified atom stereocenters. The third-order valence-electron chi connectivity index (χ3n) is 6.96. The van der Waals surface area contributed by atoms with E-state index in [1.54, 1.807) is 0 Å². The smallest absolute Gasteiger partial charge is 0.310 e. The normalized spacial score (nSPS) is 15.4. The highest BCUT2D eigenvalue weighted by atomic mass is 16.5. The minimum atomic E-state index is -0.288. The zero-order valence-corrected chi connectivity index (χ0v) is 20.8. The molecule has 0 N–H and O–H groups in total. The van der Waals surface area contributed by atoms with Crippen LogP contribution in [0.15, 0.2) is 54.6 Å². The van der Waals surface area contributed by atoms with Crippen LogP contribution in [0.5, 0.6) is 0 Å². The van der Waals surface area contributed by atoms with Crippen molar-refractivity contribution in [3.8, 4) is 22.5 Å². The van der Waals surface area contributed by atoms with Crippen LogP contribution in [0.4, 0.5) is 5.82 Å². The lowest BCUT2D eigenvalue weighted by atomic mass is 9.82. The molecule has 0 aliphatic carbocycles. The van der Waals surface area contributed by atoms with Gasteiger partial charge in [0.05, 0.1) is 13.5 Å². The number of carbonyl (C=O) groups excluding carboxylic acids is 1. The van der Waals surface area contributed by atoms with Gasteiger partial charge < -0.3 is 9.64 Å². The molecule has 1 aliphatic rings. The second kappa shape index (κ2) is 9.13. The zero-order chi connectivity index (χ0) is 24.6. The van der Waals surface area contributed by atoms with Crippen molar-refractivity contribution in [2.24, 2.45) is 5.41 Å². The zero-order valence-electron chi connectivity index (χ0n) is 20.8. The average molecular weight is 470 g/mol. The van der Waals surface area contributed by atoms with Crippen molar-refractivity contribution in [2.45, 2.75) is 40.0 Å². The molecule has 2 aromatic carbocycles. The first-order valence-electron chi connectivity index (χ1n) is 12.1. The van der Waals surface area contributed by atoms with Gasteiger partial charge >= 0.3 is 5.97 Å². The Morgan fingerprint density at radius 1 is 0.971 bits per heavy atom. The van der Waals surface area contributed by atoms with E-state index in [1.807, 2.05) is 41.8 Å². The van der Waals surface area contributed by atoms with Gasteiger partial charge in [-0.3, -0.25) is 4.79 Å². The van der Waals surface area contributed by atoms with Crippen molar-refractivity contribution in [2.75, 3.05) is 25.1 Å². The quantitative estimate of drug-likeness (QED) is 0.378. The lowest BCUT2D eigenvalue weighted by Gasteiger charge is -2.38. The lowest BCUT2D eigenvalue weighted by molar-refractivity contribution is -0.139. The number of ether oxygens (including phenoxy) is 1. The molecule has 0 bridgehead atoms. The van der Waals surface area contributed by atoms with Gasteiger partial charge in [0.15, 0.2) is 5.82 Å². The molecule has 3 heterocycles. The maximum Gasteiger partial charge on any atom is 0.310 e. The first-order chi connectivity index (χ1) is 16.8. The van der Waals surface area contributed by atoms with E-state index < -0.39 is 0 Å². The molecular weight excluding hydrogens is 438 g/mol. The van der Waals surface area contributed by atoms with Gasteiger partial charge in [-0.05, 0) is 42.4 Å². The minimum Gasteiger partial charge on any atom is -0.469 e. The van der Waals surface area contributed by atoms with Gasteiger partial charge in [0.25, 0.3) is 5.78 Å². The molecule has 1 aliphatic heterocycles. The van der Waals surface area contributed by atoms with Gasteiger partial charge in [0, 0.05) is 29.9 Å². The van der Waals surface area contributed by atoms with E-state index in [4.69, 9.17) is 19.8 Å². The number of benzene rings is 2. The van der Waals surface area contributed by atoms with Gasteiger partial charge in [-0.25, -0.2) is 4.98 Å². The number of aromatic nitrogens is 4. The first-order valence-corrected chi connectivity index (χ1v) is 12.1. The summed E-state index contributed by atoms with van der Waals surface area (Å²) >= 11 is 0. The van der Waals surface area contributed by atoms with Crippen LogP contribution in [-0.2, 0) is 16.0 Å². The van der Waals surface area contributed by atoms with E-state index in [-0.39, 0.29) is 12.4 Å². The molecule has 180 valence electrons. The third-order valence-corrected chi connectivity index (χ3v) is 6.96. The molecule has 35 heavy (non-hydrogen) atoms. The number of anilines is 1. The van der Waals surface area contributed by atoms with Crippen LogP contribution in [0, 0.1) is 12.3 Å². The summed E-state index contributed by atoms with van der Waals surface area (Å²) in [5.41, 5.74) is 5.10. The number of rotatable bonds is 5. The predicted octanol–water partition coefficient (Wildman–Crippen LogP) is 5.11. The molecule has 0 atom stereocenters. The van der Waals surface area contributed by atoms with Crippen molar-refractivity contribution in [3.05, 3.63) is 65.9 Å². The Morgan fingerprint density at radius 3 is 2.37 bits per heavy atom. The second-order valence-electron chi connectivity index (χ2n) is 10.00. The summed E-state index contributed by atoms with van der Waals surface area (Å²) in [4.78, 5) is 24.1. The van der Waals surface area contributed by atoms with Crippen LogP contribution in [0.25, 0.3) is 28.3 Å². The van der Waals surface area contributed by atoms with Crippen LogP contribution in [0.3, 0.4) is 0 Å². The Balaban J connectivity index is 1.62. The molecule has 0 radical (unpaired) electrons. The van der Waals surface area contributed by atoms with Gasteiger partial charge in [0.2, 0.25) is 0 Å². The lowest BCUT2D eigenvalue weighted by Crippen LogP contribution is -2.39. The maximum absolute atomic E-state index is 12.3. The molecule has 0 amide bonds. The summed E-state index contributed by atoms with van der Waals surface area (Å²) in [5, 5.41) is 4.91. The molecule has 7 nitrogen and oxygen atoms in total. The fraction of sp³-hybridized carbons (Fsp3) is 0.357. The average Bonchev–Trinajstić information content (AvgIpc) is 3.29. The van der Waals surface area contributed by atoms with Crippen LogP contribution >= 0.6 is 0 Å². The van der Waals surface area contributed by atoms with Crippen LogP contribution in [-0.4, -0.2) is 45.8 Å². The topological polar surface area (TPSA) is 72.6 Å². The number of esters is 1. The third kappa shape index (κ3) is 4.63. The minimum absolute atomic E-state index is 0.152. The number of fused-ring (bicyclic) bond motifs is 1. The Hall–Kier alpha value is -3.74. The molecule has 1 saturated heterocycles. The Labute approximate surface area is 205 Å². The highest BCUT2D eigenvalue weighted by Crippen LogP contribution is 2.35. The summed E-state index contributed by atoms with van der Waals surface area (Å²) in [5.74, 6) is 1.76. The van der Waals surface area contributed by atoms with Crippen molar-refractivity contribution >= 4 is 17.6 Å². The number of hydrogen-bond acceptors (Lipinski definition) is 6. The Bertz CT molecular complexity index is 1370. The van der Waals surface area contributed by atoms with E-state index in [2.05, 4.69) is 43.0 Å². The monoisotopic (exact) mass is 469 g/mol. The largest absolute Gasteiger partial charge is 0.469 e. The Kier molecular flexibility index (Phi) is 6.01. The highest BCUT2D eigenvalue weighted by molar-refractivity contribution is 5.76. The van der Waals surface area contributed by atoms with E-state index in [0.717, 1.165) is 59.7 Å². The molecule has 0 spiro atoms. The number of carbonyl (C=O) groups is 1. The molecule has 0 saturated carbocycles. The van der Waals surface area contributed by atoms with Gasteiger partial charge in [-0.2, -0.15) is 9.50 Å². The van der Waals surface area contributed by atoms with Crippen molar-refractivity contribution in [1.29, 1.82) is 0 Å². The maximum atomic E-state index is 12.3. The van der Waals surface area contributed by atoms with E-state index >= 15 is 0 Å². The predicted molar refractivity (Wildman–Crippen MR) is 137 cm³/mol. The van der Waals surface area contributed by atoms with E-state index in [0.29, 0.717) is 17.0 Å². The fourth-order valence-corrected chi connectivity index (χ4v) is 4.69. The first kappa shape index (κ1) is 23.0. The summed E-state index contributed by atoms with van der Waals surface area (Å²) in [6.45, 7) is 8.32.